The molecule has 0 unspecified atom stereocenters. The van der Waals surface area contributed by atoms with Gasteiger partial charge in [-0.3, -0.25) is 0 Å². The first-order chi connectivity index (χ1) is 3.93. The Morgan fingerprint density at radius 1 is 1.88 bits per heavy atom. The van der Waals surface area contributed by atoms with E-state index < -0.39 is 0 Å². The van der Waals surface area contributed by atoms with Crippen LogP contribution in [0.2, 0.25) is 0 Å². The average molecular weight is 109 g/mol. The van der Waals surface area contributed by atoms with Gasteiger partial charge in [-0.1, -0.05) is 6.08 Å². The van der Waals surface area contributed by atoms with Crippen molar-refractivity contribution in [2.45, 2.75) is 6.42 Å². The molecule has 8 heavy (non-hydrogen) atoms. The third-order valence-electron chi connectivity index (χ3n) is 0.837. The number of nitrogens with zero attached hydrogens (tertiary/aromatic N) is 1. The zero-order chi connectivity index (χ0) is 5.82. The maximum absolute atomic E-state index is 4.71. The van der Waals surface area contributed by atoms with Crippen LogP contribution in [0.3, 0.4) is 0 Å². The third kappa shape index (κ3) is 0.964. The van der Waals surface area contributed by atoms with E-state index in [9.17, 15) is 0 Å². The van der Waals surface area contributed by atoms with Crippen LogP contribution in [0.4, 0.5) is 0 Å². The summed E-state index contributed by atoms with van der Waals surface area (Å²) < 4.78 is 4.71. The molecule has 0 N–H and O–H groups in total. The molecule has 0 aliphatic carbocycles. The Balaban J connectivity index is 2.62. The van der Waals surface area contributed by atoms with Crippen molar-refractivity contribution in [3.8, 4) is 0 Å². The summed E-state index contributed by atoms with van der Waals surface area (Å²) in [5.74, 6) is 0. The molecule has 0 bridgehead atoms. The van der Waals surface area contributed by atoms with E-state index in [0.29, 0.717) is 0 Å². The van der Waals surface area contributed by atoms with Gasteiger partial charge in [0.2, 0.25) is 0 Å². The fourth-order valence-electron chi connectivity index (χ4n) is 0.486. The molecule has 0 saturated carbocycles. The minimum atomic E-state index is 0.788. The maximum atomic E-state index is 4.71. The van der Waals surface area contributed by atoms with Gasteiger partial charge in [-0.15, -0.1) is 6.58 Å². The second-order valence-corrected chi connectivity index (χ2v) is 1.47. The zero-order valence-corrected chi connectivity index (χ0v) is 4.50. The second-order valence-electron chi connectivity index (χ2n) is 1.47. The summed E-state index contributed by atoms with van der Waals surface area (Å²) in [6.45, 7) is 3.55. The summed E-state index contributed by atoms with van der Waals surface area (Å²) in [6.07, 6.45) is 5.61. The Kier molecular flexibility index (Phi) is 1.47. The zero-order valence-electron chi connectivity index (χ0n) is 4.50. The van der Waals surface area contributed by atoms with Crippen LogP contribution in [0.1, 0.15) is 5.69 Å². The molecule has 0 saturated heterocycles. The SMILES string of the molecule is C=CCc1cocn1. The van der Waals surface area contributed by atoms with Gasteiger partial charge in [0.1, 0.15) is 6.26 Å². The highest BCUT2D eigenvalue weighted by atomic mass is 16.3. The third-order valence-corrected chi connectivity index (χ3v) is 0.837. The highest BCUT2D eigenvalue weighted by molar-refractivity contribution is 4.96. The first-order valence-corrected chi connectivity index (χ1v) is 2.41. The van der Waals surface area contributed by atoms with Gasteiger partial charge in [0, 0.05) is 6.42 Å². The first-order valence-electron chi connectivity index (χ1n) is 2.41. The summed E-state index contributed by atoms with van der Waals surface area (Å²) in [4.78, 5) is 3.87. The molecule has 0 fully saturated rings. The molecule has 0 aromatic carbocycles. The van der Waals surface area contributed by atoms with Gasteiger partial charge in [0.25, 0.3) is 0 Å². The summed E-state index contributed by atoms with van der Waals surface area (Å²) in [5, 5.41) is 0. The molecule has 0 radical (unpaired) electrons. The van der Waals surface area contributed by atoms with Crippen LogP contribution in [0.25, 0.3) is 0 Å². The van der Waals surface area contributed by atoms with Crippen molar-refractivity contribution in [1.29, 1.82) is 0 Å². The van der Waals surface area contributed by atoms with Gasteiger partial charge in [-0.05, 0) is 0 Å². The van der Waals surface area contributed by atoms with E-state index >= 15 is 0 Å². The molecule has 2 nitrogen and oxygen atoms in total. The Labute approximate surface area is 47.9 Å². The first kappa shape index (κ1) is 5.09. The largest absolute Gasteiger partial charge is 0.451 e. The molecule has 0 spiro atoms. The molecule has 0 aliphatic heterocycles. The van der Waals surface area contributed by atoms with Gasteiger partial charge in [0.05, 0.1) is 5.69 Å². The van der Waals surface area contributed by atoms with Gasteiger partial charge >= 0.3 is 0 Å². The van der Waals surface area contributed by atoms with E-state index in [1.54, 1.807) is 12.3 Å². The van der Waals surface area contributed by atoms with E-state index in [2.05, 4.69) is 11.6 Å². The predicted octanol–water partition coefficient (Wildman–Crippen LogP) is 1.40. The Morgan fingerprint density at radius 3 is 3.25 bits per heavy atom. The van der Waals surface area contributed by atoms with Crippen LogP contribution < -0.4 is 0 Å². The number of allylic oxidation sites excluding steroid dienone is 1. The summed E-state index contributed by atoms with van der Waals surface area (Å²) >= 11 is 0. The minimum Gasteiger partial charge on any atom is -0.451 e. The van der Waals surface area contributed by atoms with Crippen molar-refractivity contribution in [1.82, 2.24) is 4.98 Å². The number of aromatic nitrogens is 1. The molecule has 42 valence electrons. The molecule has 1 aromatic rings. The van der Waals surface area contributed by atoms with Crippen molar-refractivity contribution in [3.63, 3.8) is 0 Å². The van der Waals surface area contributed by atoms with Crippen molar-refractivity contribution in [2.24, 2.45) is 0 Å². The van der Waals surface area contributed by atoms with Crippen LogP contribution in [-0.2, 0) is 6.42 Å². The van der Waals surface area contributed by atoms with Crippen LogP contribution in [-0.4, -0.2) is 4.98 Å². The molecular formula is C6H7NO. The molecule has 0 amide bonds. The Morgan fingerprint density at radius 2 is 2.75 bits per heavy atom. The second kappa shape index (κ2) is 2.31. The monoisotopic (exact) mass is 109 g/mol. The van der Waals surface area contributed by atoms with Crippen molar-refractivity contribution in [3.05, 3.63) is 31.0 Å². The fraction of sp³-hybridized carbons (Fsp3) is 0.167. The van der Waals surface area contributed by atoms with Crippen molar-refractivity contribution < 1.29 is 4.42 Å². The van der Waals surface area contributed by atoms with Crippen LogP contribution in [0.5, 0.6) is 0 Å². The molecule has 2 heteroatoms. The highest BCUT2D eigenvalue weighted by Gasteiger charge is 1.87. The molecular weight excluding hydrogens is 102 g/mol. The van der Waals surface area contributed by atoms with E-state index in [-0.39, 0.29) is 0 Å². The molecule has 1 rings (SSSR count). The number of oxazole rings is 1. The number of hydrogen-bond acceptors (Lipinski definition) is 2. The molecule has 1 heterocycles. The molecule has 0 atom stereocenters. The van der Waals surface area contributed by atoms with E-state index in [1.807, 2.05) is 0 Å². The molecule has 1 aromatic heterocycles. The summed E-state index contributed by atoms with van der Waals surface area (Å²) in [7, 11) is 0. The average Bonchev–Trinajstić information content (AvgIpc) is 2.19. The van der Waals surface area contributed by atoms with Crippen LogP contribution >= 0.6 is 0 Å². The standard InChI is InChI=1S/C6H7NO/c1-2-3-6-4-8-5-7-6/h2,4-5H,1,3H2. The van der Waals surface area contributed by atoms with Crippen molar-refractivity contribution >= 4 is 0 Å². The lowest BCUT2D eigenvalue weighted by Crippen LogP contribution is -1.75. The van der Waals surface area contributed by atoms with Crippen LogP contribution in [0, 0.1) is 0 Å². The van der Waals surface area contributed by atoms with Gasteiger partial charge in [-0.2, -0.15) is 0 Å². The van der Waals surface area contributed by atoms with Crippen molar-refractivity contribution in [2.75, 3.05) is 0 Å². The lowest BCUT2D eigenvalue weighted by molar-refractivity contribution is 0.556. The number of hydrogen-bond donors (Lipinski definition) is 0. The van der Waals surface area contributed by atoms with E-state index in [4.69, 9.17) is 4.42 Å². The molecule has 0 aliphatic rings. The van der Waals surface area contributed by atoms with E-state index in [0.717, 1.165) is 12.1 Å². The van der Waals surface area contributed by atoms with Crippen LogP contribution in [0.15, 0.2) is 29.7 Å². The quantitative estimate of drug-likeness (QED) is 0.536. The lowest BCUT2D eigenvalue weighted by atomic mass is 10.3. The van der Waals surface area contributed by atoms with Gasteiger partial charge in [-0.25, -0.2) is 4.98 Å². The summed E-state index contributed by atoms with van der Waals surface area (Å²) in [5.41, 5.74) is 0.931. The van der Waals surface area contributed by atoms with Gasteiger partial charge in [0.15, 0.2) is 6.39 Å². The van der Waals surface area contributed by atoms with E-state index in [1.165, 1.54) is 6.39 Å². The summed E-state index contributed by atoms with van der Waals surface area (Å²) in [6, 6.07) is 0. The fourth-order valence-corrected chi connectivity index (χ4v) is 0.486. The highest BCUT2D eigenvalue weighted by Crippen LogP contribution is 1.94. The lowest BCUT2D eigenvalue weighted by Gasteiger charge is -1.78. The maximum Gasteiger partial charge on any atom is 0.180 e. The number of rotatable bonds is 2. The normalized spacial score (nSPS) is 9.00. The van der Waals surface area contributed by atoms with Gasteiger partial charge < -0.3 is 4.42 Å². The Bertz CT molecular complexity index is 155. The smallest absolute Gasteiger partial charge is 0.180 e. The minimum absolute atomic E-state index is 0.788. The topological polar surface area (TPSA) is 26.0 Å². The Hall–Kier alpha value is -1.05. The predicted molar refractivity (Wildman–Crippen MR) is 30.4 cm³/mol.